The number of nitrogens with zero attached hydrogens (tertiary/aromatic N) is 3. The van der Waals surface area contributed by atoms with Crippen molar-refractivity contribution in [2.24, 2.45) is 5.92 Å². The number of amides is 2. The highest BCUT2D eigenvalue weighted by Crippen LogP contribution is 2.34. The Bertz CT molecular complexity index is 562. The number of likely N-dealkylation sites (tertiary alicyclic amines) is 1. The van der Waals surface area contributed by atoms with E-state index in [4.69, 9.17) is 0 Å². The zero-order chi connectivity index (χ0) is 17.7. The number of hydrogen-bond acceptors (Lipinski definition) is 4. The number of pyridine rings is 1. The molecule has 6 heteroatoms. The molecule has 1 unspecified atom stereocenters. The fourth-order valence-corrected chi connectivity index (χ4v) is 3.69. The van der Waals surface area contributed by atoms with E-state index in [1.165, 1.54) is 0 Å². The Morgan fingerprint density at radius 2 is 2.25 bits per heavy atom. The number of aliphatic hydroxyl groups excluding tert-OH is 1. The van der Waals surface area contributed by atoms with Gasteiger partial charge >= 0.3 is 6.03 Å². The molecule has 1 aliphatic rings. The Balaban J connectivity index is 2.07. The summed E-state index contributed by atoms with van der Waals surface area (Å²) in [5.41, 5.74) is 0.561. The van der Waals surface area contributed by atoms with Crippen molar-refractivity contribution in [3.05, 3.63) is 23.9 Å². The summed E-state index contributed by atoms with van der Waals surface area (Å²) in [7, 11) is 3.88. The fourth-order valence-electron chi connectivity index (χ4n) is 3.69. The third-order valence-corrected chi connectivity index (χ3v) is 4.65. The van der Waals surface area contributed by atoms with Gasteiger partial charge in [0.2, 0.25) is 0 Å². The summed E-state index contributed by atoms with van der Waals surface area (Å²) in [4.78, 5) is 20.9. The molecule has 1 aromatic heterocycles. The Morgan fingerprint density at radius 3 is 2.88 bits per heavy atom. The second-order valence-corrected chi connectivity index (χ2v) is 7.27. The van der Waals surface area contributed by atoms with Crippen LogP contribution in [0.3, 0.4) is 0 Å². The van der Waals surface area contributed by atoms with E-state index in [9.17, 15) is 9.90 Å². The molecule has 1 aliphatic heterocycles. The third-order valence-electron chi connectivity index (χ3n) is 4.65. The number of urea groups is 1. The maximum Gasteiger partial charge on any atom is 0.318 e. The van der Waals surface area contributed by atoms with Crippen LogP contribution in [0.25, 0.3) is 0 Å². The van der Waals surface area contributed by atoms with Crippen molar-refractivity contribution in [1.82, 2.24) is 15.2 Å². The Labute approximate surface area is 144 Å². The molecule has 0 radical (unpaired) electrons. The maximum absolute atomic E-state index is 12.7. The lowest BCUT2D eigenvalue weighted by Gasteiger charge is -2.38. The molecule has 0 saturated carbocycles. The number of carbonyl (C=O) groups excluding carboxylic acids is 1. The highest BCUT2D eigenvalue weighted by atomic mass is 16.3. The van der Waals surface area contributed by atoms with Crippen molar-refractivity contribution >= 4 is 11.8 Å². The number of hydrogen-bond donors (Lipinski definition) is 2. The zero-order valence-corrected chi connectivity index (χ0v) is 15.2. The van der Waals surface area contributed by atoms with E-state index in [0.717, 1.165) is 30.6 Å². The first-order valence-corrected chi connectivity index (χ1v) is 8.67. The largest absolute Gasteiger partial charge is 0.394 e. The van der Waals surface area contributed by atoms with Crippen molar-refractivity contribution in [3.63, 3.8) is 0 Å². The van der Waals surface area contributed by atoms with Crippen LogP contribution < -0.4 is 10.2 Å². The summed E-state index contributed by atoms with van der Waals surface area (Å²) < 4.78 is 0. The number of rotatable bonds is 6. The van der Waals surface area contributed by atoms with Gasteiger partial charge in [0.05, 0.1) is 12.1 Å². The van der Waals surface area contributed by atoms with Crippen LogP contribution in [0.4, 0.5) is 10.6 Å². The summed E-state index contributed by atoms with van der Waals surface area (Å²) in [6.45, 7) is 5.41. The van der Waals surface area contributed by atoms with Gasteiger partial charge < -0.3 is 20.2 Å². The maximum atomic E-state index is 12.7. The predicted octanol–water partition coefficient (Wildman–Crippen LogP) is 2.23. The van der Waals surface area contributed by atoms with E-state index in [-0.39, 0.29) is 12.6 Å². The minimum Gasteiger partial charge on any atom is -0.394 e. The first-order chi connectivity index (χ1) is 11.4. The van der Waals surface area contributed by atoms with E-state index in [1.807, 2.05) is 36.0 Å². The van der Waals surface area contributed by atoms with Crippen LogP contribution in [0, 0.1) is 5.92 Å². The van der Waals surface area contributed by atoms with Gasteiger partial charge in [0.15, 0.2) is 0 Å². The number of carbonyl (C=O) groups is 1. The van der Waals surface area contributed by atoms with Crippen LogP contribution in [-0.2, 0) is 6.54 Å². The third kappa shape index (κ3) is 3.98. The lowest BCUT2D eigenvalue weighted by atomic mass is 9.87. The van der Waals surface area contributed by atoms with Gasteiger partial charge in [0.1, 0.15) is 5.82 Å². The van der Waals surface area contributed by atoms with E-state index < -0.39 is 5.54 Å². The molecule has 0 bridgehead atoms. The van der Waals surface area contributed by atoms with Gasteiger partial charge in [-0.25, -0.2) is 9.78 Å². The lowest BCUT2D eigenvalue weighted by Crippen LogP contribution is -2.54. The number of anilines is 1. The van der Waals surface area contributed by atoms with Crippen LogP contribution >= 0.6 is 0 Å². The first-order valence-electron chi connectivity index (χ1n) is 8.67. The number of aliphatic hydroxyl groups is 1. The van der Waals surface area contributed by atoms with Gasteiger partial charge in [-0.15, -0.1) is 0 Å². The molecule has 1 fully saturated rings. The SMILES string of the molecule is CC(C)CC1(CO)CCCN1C(=O)NCc1cccnc1N(C)C. The van der Waals surface area contributed by atoms with E-state index in [1.54, 1.807) is 6.20 Å². The highest BCUT2D eigenvalue weighted by molar-refractivity contribution is 5.75. The number of nitrogens with one attached hydrogen (secondary N) is 1. The number of aromatic nitrogens is 1. The summed E-state index contributed by atoms with van der Waals surface area (Å²) in [5.74, 6) is 1.29. The van der Waals surface area contributed by atoms with Crippen molar-refractivity contribution in [2.75, 3.05) is 32.1 Å². The summed E-state index contributed by atoms with van der Waals surface area (Å²) in [5, 5.41) is 13.0. The molecule has 2 heterocycles. The minimum atomic E-state index is -0.419. The van der Waals surface area contributed by atoms with Gasteiger partial charge in [-0.1, -0.05) is 19.9 Å². The van der Waals surface area contributed by atoms with Gasteiger partial charge in [-0.2, -0.15) is 0 Å². The molecule has 1 atom stereocenters. The van der Waals surface area contributed by atoms with Crippen LogP contribution in [0.15, 0.2) is 18.3 Å². The molecule has 1 aromatic rings. The second kappa shape index (κ2) is 7.83. The van der Waals surface area contributed by atoms with Gasteiger partial charge in [-0.3, -0.25) is 0 Å². The van der Waals surface area contributed by atoms with E-state index in [2.05, 4.69) is 24.1 Å². The standard InChI is InChI=1S/C18H30N4O2/c1-14(2)11-18(13-23)8-6-10-22(18)17(24)20-12-15-7-5-9-19-16(15)21(3)4/h5,7,9,14,23H,6,8,10-13H2,1-4H3,(H,20,24). The fraction of sp³-hybridized carbons (Fsp3) is 0.667. The Morgan fingerprint density at radius 1 is 1.50 bits per heavy atom. The second-order valence-electron chi connectivity index (χ2n) is 7.27. The summed E-state index contributed by atoms with van der Waals surface area (Å²) in [6.07, 6.45) is 4.38. The molecule has 1 saturated heterocycles. The van der Waals surface area contributed by atoms with Crippen molar-refractivity contribution in [2.45, 2.75) is 45.2 Å². The summed E-state index contributed by atoms with van der Waals surface area (Å²) in [6, 6.07) is 3.75. The lowest BCUT2D eigenvalue weighted by molar-refractivity contribution is 0.0675. The monoisotopic (exact) mass is 334 g/mol. The molecule has 0 aliphatic carbocycles. The smallest absolute Gasteiger partial charge is 0.318 e. The molecule has 2 N–H and O–H groups in total. The van der Waals surface area contributed by atoms with Gasteiger partial charge in [-0.05, 0) is 31.2 Å². The minimum absolute atomic E-state index is 0.0223. The average molecular weight is 334 g/mol. The topological polar surface area (TPSA) is 68.7 Å². The molecule has 2 amide bonds. The zero-order valence-electron chi connectivity index (χ0n) is 15.2. The quantitative estimate of drug-likeness (QED) is 0.837. The van der Waals surface area contributed by atoms with Crippen molar-refractivity contribution in [3.8, 4) is 0 Å². The predicted molar refractivity (Wildman–Crippen MR) is 96.0 cm³/mol. The van der Waals surface area contributed by atoms with Gasteiger partial charge in [0.25, 0.3) is 0 Å². The van der Waals surface area contributed by atoms with Crippen LogP contribution in [0.2, 0.25) is 0 Å². The molecule has 0 aromatic carbocycles. The average Bonchev–Trinajstić information content (AvgIpc) is 2.96. The Kier molecular flexibility index (Phi) is 6.04. The normalized spacial score (nSPS) is 20.5. The van der Waals surface area contributed by atoms with Crippen LogP contribution in [0.1, 0.15) is 38.7 Å². The van der Waals surface area contributed by atoms with Crippen molar-refractivity contribution < 1.29 is 9.90 Å². The van der Waals surface area contributed by atoms with Gasteiger partial charge in [0, 0.05) is 38.9 Å². The highest BCUT2D eigenvalue weighted by Gasteiger charge is 2.43. The van der Waals surface area contributed by atoms with Crippen LogP contribution in [-0.4, -0.2) is 53.8 Å². The molecular formula is C18H30N4O2. The molecular weight excluding hydrogens is 304 g/mol. The van der Waals surface area contributed by atoms with Crippen LogP contribution in [0.5, 0.6) is 0 Å². The summed E-state index contributed by atoms with van der Waals surface area (Å²) >= 11 is 0. The first kappa shape index (κ1) is 18.5. The Hall–Kier alpha value is -1.82. The molecule has 24 heavy (non-hydrogen) atoms. The van der Waals surface area contributed by atoms with E-state index >= 15 is 0 Å². The molecule has 6 nitrogen and oxygen atoms in total. The molecule has 0 spiro atoms. The molecule has 134 valence electrons. The van der Waals surface area contributed by atoms with E-state index in [0.29, 0.717) is 19.0 Å². The van der Waals surface area contributed by atoms with Crippen molar-refractivity contribution in [1.29, 1.82) is 0 Å². The molecule has 2 rings (SSSR count).